The summed E-state index contributed by atoms with van der Waals surface area (Å²) < 4.78 is 4.97. The first kappa shape index (κ1) is 26.2. The Balaban J connectivity index is 1.68. The van der Waals surface area contributed by atoms with Gasteiger partial charge in [0.25, 0.3) is 17.5 Å². The highest BCUT2D eigenvalue weighted by atomic mass is 16.6. The molecule has 1 heterocycles. The van der Waals surface area contributed by atoms with E-state index in [0.717, 1.165) is 10.5 Å². The molecule has 38 heavy (non-hydrogen) atoms. The van der Waals surface area contributed by atoms with Gasteiger partial charge in [0.15, 0.2) is 0 Å². The van der Waals surface area contributed by atoms with Crippen molar-refractivity contribution in [2.45, 2.75) is 32.4 Å². The van der Waals surface area contributed by atoms with Crippen molar-refractivity contribution in [2.24, 2.45) is 0 Å². The molecule has 2 unspecified atom stereocenters. The fraction of sp³-hybridized carbons (Fsp3) is 0.214. The molecular formula is C28H25N3O7. The second-order valence-electron chi connectivity index (χ2n) is 8.66. The Labute approximate surface area is 218 Å². The van der Waals surface area contributed by atoms with E-state index < -0.39 is 40.7 Å². The van der Waals surface area contributed by atoms with E-state index in [-0.39, 0.29) is 35.5 Å². The molecule has 0 aliphatic carbocycles. The normalized spacial score (nSPS) is 15.7. The van der Waals surface area contributed by atoms with E-state index in [1.54, 1.807) is 26.0 Å². The van der Waals surface area contributed by atoms with Crippen LogP contribution in [0.25, 0.3) is 0 Å². The summed E-state index contributed by atoms with van der Waals surface area (Å²) in [6.07, 6.45) is -0.242. The summed E-state index contributed by atoms with van der Waals surface area (Å²) in [5.74, 6) is -2.14. The van der Waals surface area contributed by atoms with Gasteiger partial charge in [0.2, 0.25) is 5.91 Å². The lowest BCUT2D eigenvalue weighted by Crippen LogP contribution is -2.46. The van der Waals surface area contributed by atoms with Gasteiger partial charge in [0.1, 0.15) is 6.04 Å². The highest BCUT2D eigenvalue weighted by Crippen LogP contribution is 2.33. The Kier molecular flexibility index (Phi) is 7.61. The van der Waals surface area contributed by atoms with Crippen LogP contribution in [0.15, 0.2) is 78.9 Å². The molecule has 10 heteroatoms. The van der Waals surface area contributed by atoms with Crippen LogP contribution in [0, 0.1) is 10.1 Å². The topological polar surface area (TPSA) is 127 Å². The summed E-state index contributed by atoms with van der Waals surface area (Å²) in [5.41, 5.74) is 1.27. The monoisotopic (exact) mass is 515 g/mol. The second kappa shape index (κ2) is 11.0. The molecule has 1 aliphatic heterocycles. The van der Waals surface area contributed by atoms with Crippen molar-refractivity contribution in [3.05, 3.63) is 106 Å². The zero-order chi connectivity index (χ0) is 27.4. The van der Waals surface area contributed by atoms with Crippen LogP contribution < -0.4 is 4.90 Å². The van der Waals surface area contributed by atoms with Crippen LogP contribution in [0.3, 0.4) is 0 Å². The number of amides is 3. The third-order valence-corrected chi connectivity index (χ3v) is 6.35. The van der Waals surface area contributed by atoms with Crippen molar-refractivity contribution in [3.63, 3.8) is 0 Å². The largest absolute Gasteiger partial charge is 0.462 e. The fourth-order valence-corrected chi connectivity index (χ4v) is 4.42. The third-order valence-electron chi connectivity index (χ3n) is 6.35. The maximum Gasteiger partial charge on any atom is 0.338 e. The lowest BCUT2D eigenvalue weighted by Gasteiger charge is -2.33. The van der Waals surface area contributed by atoms with Gasteiger partial charge in [-0.05, 0) is 55.8 Å². The Morgan fingerprint density at radius 1 is 1.00 bits per heavy atom. The summed E-state index contributed by atoms with van der Waals surface area (Å²) >= 11 is 0. The smallest absolute Gasteiger partial charge is 0.338 e. The summed E-state index contributed by atoms with van der Waals surface area (Å²) in [6.45, 7) is 3.66. The molecule has 3 amide bonds. The van der Waals surface area contributed by atoms with E-state index >= 15 is 0 Å². The number of benzene rings is 3. The Morgan fingerprint density at radius 2 is 1.61 bits per heavy atom. The molecule has 0 bridgehead atoms. The molecule has 1 saturated heterocycles. The number of hydrogen-bond donors (Lipinski definition) is 0. The number of nitro groups is 1. The van der Waals surface area contributed by atoms with Crippen LogP contribution in [0.1, 0.15) is 52.6 Å². The van der Waals surface area contributed by atoms with Crippen molar-refractivity contribution in [1.82, 2.24) is 4.90 Å². The van der Waals surface area contributed by atoms with Crippen LogP contribution in [0.2, 0.25) is 0 Å². The van der Waals surface area contributed by atoms with Crippen LogP contribution in [0.5, 0.6) is 0 Å². The molecule has 1 aliphatic rings. The predicted octanol–water partition coefficient (Wildman–Crippen LogP) is 4.31. The number of esters is 1. The van der Waals surface area contributed by atoms with Gasteiger partial charge in [-0.25, -0.2) is 9.69 Å². The number of non-ortho nitro benzene ring substituents is 1. The van der Waals surface area contributed by atoms with Gasteiger partial charge in [-0.1, -0.05) is 30.3 Å². The van der Waals surface area contributed by atoms with Gasteiger partial charge in [-0.2, -0.15) is 0 Å². The van der Waals surface area contributed by atoms with E-state index in [1.165, 1.54) is 53.4 Å². The Morgan fingerprint density at radius 3 is 2.18 bits per heavy atom. The minimum Gasteiger partial charge on any atom is -0.462 e. The average Bonchev–Trinajstić information content (AvgIpc) is 3.22. The zero-order valence-electron chi connectivity index (χ0n) is 20.8. The lowest BCUT2D eigenvalue weighted by atomic mass is 10.0. The zero-order valence-corrected chi connectivity index (χ0v) is 20.8. The number of rotatable bonds is 8. The van der Waals surface area contributed by atoms with E-state index in [4.69, 9.17) is 4.74 Å². The molecule has 2 atom stereocenters. The summed E-state index contributed by atoms with van der Waals surface area (Å²) in [7, 11) is 0. The van der Waals surface area contributed by atoms with Gasteiger partial charge in [-0.3, -0.25) is 24.5 Å². The molecule has 0 N–H and O–H groups in total. The lowest BCUT2D eigenvalue weighted by molar-refractivity contribution is -0.384. The number of hydrogen-bond acceptors (Lipinski definition) is 7. The van der Waals surface area contributed by atoms with Gasteiger partial charge in [0.05, 0.1) is 35.2 Å². The third kappa shape index (κ3) is 5.15. The molecule has 0 aromatic heterocycles. The first-order chi connectivity index (χ1) is 18.2. The highest BCUT2D eigenvalue weighted by Gasteiger charge is 2.46. The Bertz CT molecular complexity index is 1370. The van der Waals surface area contributed by atoms with Crippen LogP contribution in [-0.4, -0.2) is 46.2 Å². The van der Waals surface area contributed by atoms with Gasteiger partial charge in [0, 0.05) is 17.7 Å². The van der Waals surface area contributed by atoms with Crippen LogP contribution in [-0.2, 0) is 14.3 Å². The first-order valence-corrected chi connectivity index (χ1v) is 12.0. The van der Waals surface area contributed by atoms with Gasteiger partial charge in [-0.15, -0.1) is 0 Å². The molecule has 194 valence electrons. The number of nitro benzene ring substituents is 1. The molecule has 4 rings (SSSR count). The minimum atomic E-state index is -1.11. The summed E-state index contributed by atoms with van der Waals surface area (Å²) in [6, 6.07) is 18.4. The molecule has 0 spiro atoms. The molecular weight excluding hydrogens is 490 g/mol. The molecule has 0 saturated carbocycles. The maximum absolute atomic E-state index is 13.7. The molecule has 3 aromatic rings. The number of ether oxygens (including phenoxy) is 1. The maximum atomic E-state index is 13.7. The number of carbonyl (C=O) groups is 4. The number of anilines is 1. The molecule has 0 radical (unpaired) electrons. The fourth-order valence-electron chi connectivity index (χ4n) is 4.42. The van der Waals surface area contributed by atoms with Crippen molar-refractivity contribution >= 4 is 35.1 Å². The van der Waals surface area contributed by atoms with E-state index in [9.17, 15) is 29.3 Å². The number of nitrogens with zero attached hydrogens (tertiary/aromatic N) is 3. The molecule has 10 nitrogen and oxygen atoms in total. The van der Waals surface area contributed by atoms with E-state index in [1.807, 2.05) is 18.2 Å². The van der Waals surface area contributed by atoms with Crippen molar-refractivity contribution < 1.29 is 28.8 Å². The van der Waals surface area contributed by atoms with Gasteiger partial charge < -0.3 is 9.64 Å². The SMILES string of the molecule is CCOC(=O)c1ccc(N2C(=O)CC(N(C(=O)c3ccc([N+](=O)[O-])cc3)C(C)c3ccccc3)C2=O)cc1. The van der Waals surface area contributed by atoms with E-state index in [2.05, 4.69) is 0 Å². The molecule has 1 fully saturated rings. The predicted molar refractivity (Wildman–Crippen MR) is 137 cm³/mol. The van der Waals surface area contributed by atoms with E-state index in [0.29, 0.717) is 0 Å². The highest BCUT2D eigenvalue weighted by molar-refractivity contribution is 6.23. The van der Waals surface area contributed by atoms with Crippen molar-refractivity contribution in [3.8, 4) is 0 Å². The number of imide groups is 1. The second-order valence-corrected chi connectivity index (χ2v) is 8.66. The van der Waals surface area contributed by atoms with Crippen LogP contribution >= 0.6 is 0 Å². The quantitative estimate of drug-likeness (QED) is 0.189. The summed E-state index contributed by atoms with van der Waals surface area (Å²) in [5, 5.41) is 11.1. The average molecular weight is 516 g/mol. The van der Waals surface area contributed by atoms with Crippen molar-refractivity contribution in [2.75, 3.05) is 11.5 Å². The Hall–Kier alpha value is -4.86. The minimum absolute atomic E-state index is 0.149. The number of carbonyl (C=O) groups excluding carboxylic acids is 4. The van der Waals surface area contributed by atoms with Crippen LogP contribution in [0.4, 0.5) is 11.4 Å². The summed E-state index contributed by atoms with van der Waals surface area (Å²) in [4.78, 5) is 65.2. The van der Waals surface area contributed by atoms with Crippen molar-refractivity contribution in [1.29, 1.82) is 0 Å². The van der Waals surface area contributed by atoms with Gasteiger partial charge >= 0.3 is 5.97 Å². The first-order valence-electron chi connectivity index (χ1n) is 12.0. The standard InChI is InChI=1S/C28H25N3O7/c1-3-38-28(35)21-11-13-22(14-12-21)30-25(32)17-24(27(30)34)29(18(2)19-7-5-4-6-8-19)26(33)20-9-15-23(16-10-20)31(36)37/h4-16,18,24H,3,17H2,1-2H3. The molecule has 3 aromatic carbocycles.